The van der Waals surface area contributed by atoms with Crippen LogP contribution in [0.5, 0.6) is 0 Å². The van der Waals surface area contributed by atoms with Crippen LogP contribution in [0.3, 0.4) is 0 Å². The van der Waals surface area contributed by atoms with E-state index >= 15 is 0 Å². The highest BCUT2D eigenvalue weighted by molar-refractivity contribution is 5.81. The summed E-state index contributed by atoms with van der Waals surface area (Å²) in [6.45, 7) is 0. The van der Waals surface area contributed by atoms with Crippen LogP contribution in [0.1, 0.15) is 0 Å². The van der Waals surface area contributed by atoms with Crippen LogP contribution in [0.25, 0.3) is 11.0 Å². The van der Waals surface area contributed by atoms with Gasteiger partial charge in [0.1, 0.15) is 0 Å². The number of fused-ring (bicyclic) bond motifs is 1. The summed E-state index contributed by atoms with van der Waals surface area (Å²) in [5.41, 5.74) is 0.836. The number of hydrogen-bond donors (Lipinski definition) is 1. The van der Waals surface area contributed by atoms with Gasteiger partial charge in [-0.05, 0) is 12.1 Å². The molecule has 78 valence electrons. The summed E-state index contributed by atoms with van der Waals surface area (Å²) in [7, 11) is 1.25. The van der Waals surface area contributed by atoms with Gasteiger partial charge >= 0.3 is 12.2 Å². The highest BCUT2D eigenvalue weighted by atomic mass is 19.1. The third-order valence-electron chi connectivity index (χ3n) is 2.07. The smallest absolute Gasteiger partial charge is 0.426 e. The van der Waals surface area contributed by atoms with Crippen LogP contribution >= 0.6 is 0 Å². The third-order valence-corrected chi connectivity index (χ3v) is 2.07. The van der Waals surface area contributed by atoms with E-state index in [9.17, 15) is 9.18 Å². The normalized spacial score (nSPS) is 10.5. The first-order valence-corrected chi connectivity index (χ1v) is 4.21. The molecule has 1 aromatic carbocycles. The van der Waals surface area contributed by atoms with Crippen molar-refractivity contribution in [3.63, 3.8) is 0 Å². The lowest BCUT2D eigenvalue weighted by molar-refractivity contribution is 0.195. The second kappa shape index (κ2) is 3.23. The van der Waals surface area contributed by atoms with Crippen molar-refractivity contribution in [1.82, 2.24) is 9.66 Å². The summed E-state index contributed by atoms with van der Waals surface area (Å²) < 4.78 is 14.3. The van der Waals surface area contributed by atoms with Crippen LogP contribution < -0.4 is 5.01 Å². The van der Waals surface area contributed by atoms with Gasteiger partial charge in [0.05, 0.1) is 11.0 Å². The van der Waals surface area contributed by atoms with Gasteiger partial charge in [0.15, 0.2) is 0 Å². The number of halogens is 1. The van der Waals surface area contributed by atoms with Gasteiger partial charge in [-0.2, -0.15) is 4.39 Å². The molecule has 0 aliphatic carbocycles. The van der Waals surface area contributed by atoms with Crippen LogP contribution in [0.4, 0.5) is 9.18 Å². The van der Waals surface area contributed by atoms with Crippen molar-refractivity contribution in [1.29, 1.82) is 0 Å². The Morgan fingerprint density at radius 2 is 2.20 bits per heavy atom. The Balaban J connectivity index is 2.68. The van der Waals surface area contributed by atoms with Crippen molar-refractivity contribution in [2.75, 3.05) is 12.1 Å². The van der Waals surface area contributed by atoms with Gasteiger partial charge in [-0.15, -0.1) is 0 Å². The van der Waals surface area contributed by atoms with Crippen LogP contribution in [0.2, 0.25) is 0 Å². The first-order valence-electron chi connectivity index (χ1n) is 4.21. The summed E-state index contributed by atoms with van der Waals surface area (Å²) in [6, 6.07) is 6.62. The van der Waals surface area contributed by atoms with Gasteiger partial charge in [0.25, 0.3) is 0 Å². The molecule has 0 spiro atoms. The first kappa shape index (κ1) is 9.45. The average Bonchev–Trinajstić information content (AvgIpc) is 2.52. The molecule has 0 radical (unpaired) electrons. The minimum Gasteiger partial charge on any atom is -0.464 e. The average molecular weight is 209 g/mol. The van der Waals surface area contributed by atoms with Crippen LogP contribution in [-0.2, 0) is 0 Å². The fourth-order valence-electron chi connectivity index (χ4n) is 1.35. The number of para-hydroxylation sites is 2. The number of carboxylic acid groups (broad SMARTS) is 1. The lowest BCUT2D eigenvalue weighted by Crippen LogP contribution is -2.36. The van der Waals surface area contributed by atoms with Gasteiger partial charge in [-0.3, -0.25) is 0 Å². The van der Waals surface area contributed by atoms with Crippen molar-refractivity contribution in [3.05, 3.63) is 30.3 Å². The molecule has 0 aliphatic rings. The molecule has 1 N–H and O–H groups in total. The number of imidazole rings is 1. The molecule has 6 heteroatoms. The van der Waals surface area contributed by atoms with Gasteiger partial charge in [0, 0.05) is 7.05 Å². The van der Waals surface area contributed by atoms with E-state index in [-0.39, 0.29) is 0 Å². The van der Waals surface area contributed by atoms with E-state index in [1.54, 1.807) is 24.3 Å². The predicted octanol–water partition coefficient (Wildman–Crippen LogP) is 1.42. The SMILES string of the molecule is CN(C(=O)O)n1c(F)nc2ccccc21. The molecular weight excluding hydrogens is 201 g/mol. The minimum atomic E-state index is -1.25. The molecule has 5 nitrogen and oxygen atoms in total. The van der Waals surface area contributed by atoms with E-state index in [2.05, 4.69) is 4.98 Å². The van der Waals surface area contributed by atoms with Gasteiger partial charge in [-0.1, -0.05) is 12.1 Å². The maximum absolute atomic E-state index is 13.4. The summed E-state index contributed by atoms with van der Waals surface area (Å²) in [5.74, 6) is 0. The Bertz CT molecular complexity index is 523. The predicted molar refractivity (Wildman–Crippen MR) is 51.9 cm³/mol. The van der Waals surface area contributed by atoms with Crippen molar-refractivity contribution in [3.8, 4) is 0 Å². The fourth-order valence-corrected chi connectivity index (χ4v) is 1.35. The molecule has 0 aliphatic heterocycles. The summed E-state index contributed by atoms with van der Waals surface area (Å²) >= 11 is 0. The highest BCUT2D eigenvalue weighted by Crippen LogP contribution is 2.14. The van der Waals surface area contributed by atoms with Crippen LogP contribution in [0.15, 0.2) is 24.3 Å². The molecule has 0 saturated heterocycles. The molecule has 0 atom stereocenters. The monoisotopic (exact) mass is 209 g/mol. The zero-order chi connectivity index (χ0) is 11.0. The Hall–Kier alpha value is -2.11. The quantitative estimate of drug-likeness (QED) is 0.772. The summed E-state index contributed by atoms with van der Waals surface area (Å²) in [5, 5.41) is 9.49. The van der Waals surface area contributed by atoms with Crippen molar-refractivity contribution < 1.29 is 14.3 Å². The van der Waals surface area contributed by atoms with E-state index in [0.29, 0.717) is 11.0 Å². The summed E-state index contributed by atoms with van der Waals surface area (Å²) in [6.07, 6.45) is -2.10. The molecular formula is C9H8FN3O2. The number of aromatic nitrogens is 2. The molecule has 2 aromatic rings. The number of rotatable bonds is 1. The van der Waals surface area contributed by atoms with E-state index in [4.69, 9.17) is 5.11 Å². The molecule has 0 saturated carbocycles. The first-order chi connectivity index (χ1) is 7.11. The molecule has 1 amide bonds. The van der Waals surface area contributed by atoms with Gasteiger partial charge in [0.2, 0.25) is 0 Å². The number of carbonyl (C=O) groups is 1. The molecule has 0 bridgehead atoms. The second-order valence-corrected chi connectivity index (χ2v) is 2.99. The van der Waals surface area contributed by atoms with Crippen molar-refractivity contribution >= 4 is 17.1 Å². The fraction of sp³-hybridized carbons (Fsp3) is 0.111. The maximum Gasteiger partial charge on any atom is 0.426 e. The minimum absolute atomic E-state index is 0.417. The highest BCUT2D eigenvalue weighted by Gasteiger charge is 2.16. The van der Waals surface area contributed by atoms with Crippen LogP contribution in [-0.4, -0.2) is 27.9 Å². The molecule has 0 fully saturated rings. The molecule has 0 unspecified atom stereocenters. The zero-order valence-electron chi connectivity index (χ0n) is 7.88. The Kier molecular flexibility index (Phi) is 2.03. The zero-order valence-corrected chi connectivity index (χ0v) is 7.88. The lowest BCUT2D eigenvalue weighted by atomic mass is 10.3. The number of hydrogen-bond acceptors (Lipinski definition) is 2. The Morgan fingerprint density at radius 1 is 1.53 bits per heavy atom. The Morgan fingerprint density at radius 3 is 2.87 bits per heavy atom. The van der Waals surface area contributed by atoms with Crippen molar-refractivity contribution in [2.24, 2.45) is 0 Å². The van der Waals surface area contributed by atoms with Crippen molar-refractivity contribution in [2.45, 2.75) is 0 Å². The topological polar surface area (TPSA) is 58.4 Å². The molecule has 1 aromatic heterocycles. The number of benzene rings is 1. The summed E-state index contributed by atoms with van der Waals surface area (Å²) in [4.78, 5) is 14.3. The number of nitrogens with zero attached hydrogens (tertiary/aromatic N) is 3. The van der Waals surface area contributed by atoms with Gasteiger partial charge in [-0.25, -0.2) is 19.5 Å². The second-order valence-electron chi connectivity index (χ2n) is 2.99. The molecule has 1 heterocycles. The third kappa shape index (κ3) is 1.39. The van der Waals surface area contributed by atoms with E-state index < -0.39 is 12.2 Å². The van der Waals surface area contributed by atoms with E-state index in [1.807, 2.05) is 0 Å². The maximum atomic E-state index is 13.4. The molecule has 2 rings (SSSR count). The van der Waals surface area contributed by atoms with Gasteiger partial charge < -0.3 is 5.11 Å². The van der Waals surface area contributed by atoms with E-state index in [0.717, 1.165) is 9.69 Å². The van der Waals surface area contributed by atoms with Crippen LogP contribution in [0, 0.1) is 6.08 Å². The largest absolute Gasteiger partial charge is 0.464 e. The van der Waals surface area contributed by atoms with E-state index in [1.165, 1.54) is 7.05 Å². The molecule has 15 heavy (non-hydrogen) atoms. The lowest BCUT2D eigenvalue weighted by Gasteiger charge is -2.14. The Labute approximate surface area is 84.3 Å². The standard InChI is InChI=1S/C9H8FN3O2/c1-12(9(14)15)13-7-5-3-2-4-6(7)11-8(13)10/h2-5H,1H3,(H,14,15). The number of amides is 1.